The van der Waals surface area contributed by atoms with E-state index >= 15 is 0 Å². The molecule has 0 amide bonds. The third-order valence-corrected chi connectivity index (χ3v) is 4.92. The Morgan fingerprint density at radius 3 is 1.13 bits per heavy atom. The van der Waals surface area contributed by atoms with Crippen LogP contribution in [0.2, 0.25) is 0 Å². The van der Waals surface area contributed by atoms with Crippen molar-refractivity contribution in [3.05, 3.63) is 70.8 Å². The predicted molar refractivity (Wildman–Crippen MR) is 128 cm³/mol. The van der Waals surface area contributed by atoms with Crippen LogP contribution in [-0.4, -0.2) is 37.5 Å². The van der Waals surface area contributed by atoms with E-state index in [1.165, 1.54) is 24.3 Å². The third kappa shape index (κ3) is 10.1. The molecule has 0 atom stereocenters. The molecule has 0 fully saturated rings. The molecule has 0 aromatic heterocycles. The standard InChI is InChI=1S/C26H30O12/c1-25(2,3)19-11-7-17(8-12-19)21(27)33-37-35-23(29)31-15-16-32-24(30)36-38-34-22(28)18-9-13-20(14-10-18)26(4,5)6/h7-14H,15-16H2,1-6H3. The van der Waals surface area contributed by atoms with Gasteiger partial charge in [0.25, 0.3) is 0 Å². The lowest BCUT2D eigenvalue weighted by Crippen LogP contribution is -2.17. The van der Waals surface area contributed by atoms with Crippen LogP contribution in [0, 0.1) is 0 Å². The van der Waals surface area contributed by atoms with Crippen LogP contribution in [0.5, 0.6) is 0 Å². The number of benzene rings is 2. The van der Waals surface area contributed by atoms with Gasteiger partial charge in [-0.05, 0) is 46.2 Å². The maximum atomic E-state index is 11.9. The van der Waals surface area contributed by atoms with Crippen LogP contribution in [0.15, 0.2) is 48.5 Å². The Kier molecular flexibility index (Phi) is 10.6. The Bertz CT molecular complexity index is 1000. The quantitative estimate of drug-likeness (QED) is 0.178. The summed E-state index contributed by atoms with van der Waals surface area (Å²) in [7, 11) is 0. The summed E-state index contributed by atoms with van der Waals surface area (Å²) in [6, 6.07) is 13.2. The fourth-order valence-corrected chi connectivity index (χ4v) is 2.76. The molecular weight excluding hydrogens is 504 g/mol. The minimum Gasteiger partial charge on any atom is -0.429 e. The maximum Gasteiger partial charge on any atom is 0.543 e. The van der Waals surface area contributed by atoms with Crippen LogP contribution in [0.4, 0.5) is 9.59 Å². The van der Waals surface area contributed by atoms with Gasteiger partial charge in [-0.15, -0.1) is 0 Å². The molecule has 12 nitrogen and oxygen atoms in total. The van der Waals surface area contributed by atoms with Gasteiger partial charge in [-0.3, -0.25) is 9.78 Å². The SMILES string of the molecule is CC(C)(C)c1ccc(C(=O)OOOC(=O)OCCOC(=O)OOOC(=O)c2ccc(C(C)(C)C)cc2)cc1. The average molecular weight is 535 g/mol. The van der Waals surface area contributed by atoms with Gasteiger partial charge in [-0.2, -0.15) is 0 Å². The zero-order valence-electron chi connectivity index (χ0n) is 21.9. The first-order valence-corrected chi connectivity index (χ1v) is 11.4. The summed E-state index contributed by atoms with van der Waals surface area (Å²) >= 11 is 0. The molecule has 0 aliphatic heterocycles. The second kappa shape index (κ2) is 13.4. The van der Waals surface area contributed by atoms with E-state index in [2.05, 4.69) is 39.1 Å². The molecule has 0 N–H and O–H groups in total. The first-order chi connectivity index (χ1) is 17.8. The summed E-state index contributed by atoms with van der Waals surface area (Å²) in [6.07, 6.45) is -2.75. The molecule has 0 spiro atoms. The molecule has 0 aliphatic rings. The van der Waals surface area contributed by atoms with Crippen LogP contribution in [0.3, 0.4) is 0 Å². The summed E-state index contributed by atoms with van der Waals surface area (Å²) in [5.74, 6) is -1.79. The first-order valence-electron chi connectivity index (χ1n) is 11.4. The van der Waals surface area contributed by atoms with Gasteiger partial charge in [0.2, 0.25) is 0 Å². The summed E-state index contributed by atoms with van der Waals surface area (Å²) in [5, 5.41) is 8.19. The lowest BCUT2D eigenvalue weighted by molar-refractivity contribution is -0.453. The van der Waals surface area contributed by atoms with Crippen LogP contribution in [0.1, 0.15) is 73.4 Å². The Labute approximate surface area is 219 Å². The summed E-state index contributed by atoms with van der Waals surface area (Å²) in [5.41, 5.74) is 2.18. The topological polar surface area (TPSA) is 142 Å². The molecular formula is C26H30O12. The number of rotatable bonds is 9. The Morgan fingerprint density at radius 2 is 0.842 bits per heavy atom. The Balaban J connectivity index is 1.56. The van der Waals surface area contributed by atoms with Crippen molar-refractivity contribution in [3.63, 3.8) is 0 Å². The molecule has 2 aromatic rings. The van der Waals surface area contributed by atoms with Gasteiger partial charge in [0.1, 0.15) is 13.2 Å². The molecule has 0 saturated carbocycles. The minimum atomic E-state index is -1.37. The highest BCUT2D eigenvalue weighted by Gasteiger charge is 2.18. The van der Waals surface area contributed by atoms with Crippen molar-refractivity contribution in [2.75, 3.05) is 13.2 Å². The van der Waals surface area contributed by atoms with Crippen molar-refractivity contribution in [1.82, 2.24) is 0 Å². The van der Waals surface area contributed by atoms with Gasteiger partial charge >= 0.3 is 24.2 Å². The van der Waals surface area contributed by atoms with Gasteiger partial charge in [0, 0.05) is 0 Å². The van der Waals surface area contributed by atoms with Crippen molar-refractivity contribution >= 4 is 24.2 Å². The van der Waals surface area contributed by atoms with Gasteiger partial charge in [-0.25, -0.2) is 29.0 Å². The average Bonchev–Trinajstić information content (AvgIpc) is 2.85. The highest BCUT2D eigenvalue weighted by Crippen LogP contribution is 2.23. The lowest BCUT2D eigenvalue weighted by atomic mass is 9.87. The van der Waals surface area contributed by atoms with E-state index in [1.54, 1.807) is 24.3 Å². The number of ether oxygens (including phenoxy) is 2. The Hall–Kier alpha value is -4.16. The van der Waals surface area contributed by atoms with Crippen molar-refractivity contribution in [1.29, 1.82) is 0 Å². The summed E-state index contributed by atoms with van der Waals surface area (Å²) in [6.45, 7) is 11.2. The molecule has 0 saturated heterocycles. The molecule has 38 heavy (non-hydrogen) atoms. The van der Waals surface area contributed by atoms with Crippen LogP contribution in [0.25, 0.3) is 0 Å². The first kappa shape index (κ1) is 30.1. The fourth-order valence-electron chi connectivity index (χ4n) is 2.76. The maximum absolute atomic E-state index is 11.9. The Morgan fingerprint density at radius 1 is 0.526 bits per heavy atom. The molecule has 2 aromatic carbocycles. The molecule has 0 bridgehead atoms. The van der Waals surface area contributed by atoms with Gasteiger partial charge < -0.3 is 9.47 Å². The molecule has 0 unspecified atom stereocenters. The monoisotopic (exact) mass is 534 g/mol. The van der Waals surface area contributed by atoms with Gasteiger partial charge in [-0.1, -0.05) is 65.8 Å². The number of carbonyl (C=O) groups excluding carboxylic acids is 4. The number of hydrogen-bond acceptors (Lipinski definition) is 12. The summed E-state index contributed by atoms with van der Waals surface area (Å²) in [4.78, 5) is 63.5. The number of carbonyl (C=O) groups is 4. The highest BCUT2D eigenvalue weighted by atomic mass is 17.5. The van der Waals surface area contributed by atoms with E-state index in [9.17, 15) is 19.2 Å². The van der Waals surface area contributed by atoms with E-state index in [0.29, 0.717) is 0 Å². The molecule has 0 aliphatic carbocycles. The molecule has 0 heterocycles. The smallest absolute Gasteiger partial charge is 0.429 e. The van der Waals surface area contributed by atoms with Crippen LogP contribution in [-0.2, 0) is 49.9 Å². The van der Waals surface area contributed by atoms with Crippen molar-refractivity contribution in [3.8, 4) is 0 Å². The van der Waals surface area contributed by atoms with Crippen molar-refractivity contribution in [2.45, 2.75) is 52.4 Å². The molecule has 206 valence electrons. The van der Waals surface area contributed by atoms with Crippen LogP contribution < -0.4 is 0 Å². The molecule has 12 heteroatoms. The van der Waals surface area contributed by atoms with E-state index in [0.717, 1.165) is 11.1 Å². The third-order valence-electron chi connectivity index (χ3n) is 4.92. The largest absolute Gasteiger partial charge is 0.543 e. The second-order valence-electron chi connectivity index (χ2n) is 9.90. The fraction of sp³-hybridized carbons (Fsp3) is 0.385. The van der Waals surface area contributed by atoms with Gasteiger partial charge in [0.15, 0.2) is 0 Å². The zero-order valence-corrected chi connectivity index (χ0v) is 21.9. The minimum absolute atomic E-state index is 0.0918. The number of hydrogen-bond donors (Lipinski definition) is 0. The van der Waals surface area contributed by atoms with E-state index in [-0.39, 0.29) is 22.0 Å². The van der Waals surface area contributed by atoms with E-state index in [1.807, 2.05) is 41.5 Å². The van der Waals surface area contributed by atoms with Crippen LogP contribution >= 0.6 is 0 Å². The van der Waals surface area contributed by atoms with E-state index < -0.39 is 37.5 Å². The van der Waals surface area contributed by atoms with E-state index in [4.69, 9.17) is 0 Å². The predicted octanol–water partition coefficient (Wildman–Crippen LogP) is 5.30. The highest BCUT2D eigenvalue weighted by molar-refractivity contribution is 5.89. The summed E-state index contributed by atoms with van der Waals surface area (Å²) < 4.78 is 9.06. The second-order valence-corrected chi connectivity index (χ2v) is 9.90. The zero-order chi connectivity index (χ0) is 28.3. The van der Waals surface area contributed by atoms with Crippen molar-refractivity contribution in [2.24, 2.45) is 0 Å². The molecule has 2 rings (SSSR count). The van der Waals surface area contributed by atoms with Crippen molar-refractivity contribution < 1.29 is 58.3 Å². The van der Waals surface area contributed by atoms with Gasteiger partial charge in [0.05, 0.1) is 21.2 Å². The lowest BCUT2D eigenvalue weighted by Gasteiger charge is -2.18. The normalized spacial score (nSPS) is 11.2. The molecule has 0 radical (unpaired) electrons.